The van der Waals surface area contributed by atoms with E-state index in [0.717, 1.165) is 18.7 Å². The molecule has 2 rings (SSSR count). The molecular formula is C16H22ClN3O2. The monoisotopic (exact) mass is 323 g/mol. The van der Waals surface area contributed by atoms with Crippen LogP contribution in [0.1, 0.15) is 25.5 Å². The van der Waals surface area contributed by atoms with E-state index in [1.807, 2.05) is 31.2 Å². The first-order chi connectivity index (χ1) is 10.5. The van der Waals surface area contributed by atoms with E-state index in [2.05, 4.69) is 10.2 Å². The van der Waals surface area contributed by atoms with Crippen LogP contribution in [0.2, 0.25) is 5.02 Å². The Bertz CT molecular complexity index is 542. The smallest absolute Gasteiger partial charge is 0.234 e. The van der Waals surface area contributed by atoms with Gasteiger partial charge in [0.15, 0.2) is 0 Å². The van der Waals surface area contributed by atoms with Crippen LogP contribution in [-0.4, -0.2) is 54.3 Å². The van der Waals surface area contributed by atoms with Gasteiger partial charge >= 0.3 is 0 Å². The molecule has 1 aliphatic rings. The normalized spacial score (nSPS) is 17.1. The van der Waals surface area contributed by atoms with Crippen molar-refractivity contribution in [3.05, 3.63) is 34.9 Å². The molecule has 2 amide bonds. The lowest BCUT2D eigenvalue weighted by Crippen LogP contribution is -2.50. The topological polar surface area (TPSA) is 52.7 Å². The molecule has 1 N–H and O–H groups in total. The van der Waals surface area contributed by atoms with Crippen LogP contribution in [0.4, 0.5) is 0 Å². The van der Waals surface area contributed by atoms with Gasteiger partial charge in [0.05, 0.1) is 12.6 Å². The molecule has 1 atom stereocenters. The first-order valence-electron chi connectivity index (χ1n) is 7.49. The third-order valence-corrected chi connectivity index (χ3v) is 4.28. The summed E-state index contributed by atoms with van der Waals surface area (Å²) < 4.78 is 0. The van der Waals surface area contributed by atoms with Gasteiger partial charge in [0, 0.05) is 38.1 Å². The maximum absolute atomic E-state index is 12.1. The average Bonchev–Trinajstić information content (AvgIpc) is 2.48. The highest BCUT2D eigenvalue weighted by Gasteiger charge is 2.21. The van der Waals surface area contributed by atoms with Gasteiger partial charge in [-0.05, 0) is 18.6 Å². The summed E-state index contributed by atoms with van der Waals surface area (Å²) in [6.07, 6.45) is 0. The zero-order valence-corrected chi connectivity index (χ0v) is 13.8. The minimum atomic E-state index is -0.125. The van der Waals surface area contributed by atoms with E-state index in [9.17, 15) is 9.59 Å². The lowest BCUT2D eigenvalue weighted by atomic mass is 10.1. The molecule has 1 saturated heterocycles. The summed E-state index contributed by atoms with van der Waals surface area (Å²) >= 11 is 6.14. The van der Waals surface area contributed by atoms with Crippen molar-refractivity contribution in [2.45, 2.75) is 19.9 Å². The van der Waals surface area contributed by atoms with Crippen molar-refractivity contribution in [1.29, 1.82) is 0 Å². The molecule has 5 nitrogen and oxygen atoms in total. The maximum Gasteiger partial charge on any atom is 0.234 e. The molecule has 120 valence electrons. The molecule has 1 aromatic carbocycles. The van der Waals surface area contributed by atoms with Gasteiger partial charge in [-0.15, -0.1) is 0 Å². The maximum atomic E-state index is 12.1. The number of nitrogens with one attached hydrogen (secondary N) is 1. The van der Waals surface area contributed by atoms with Crippen molar-refractivity contribution >= 4 is 23.4 Å². The summed E-state index contributed by atoms with van der Waals surface area (Å²) in [5.41, 5.74) is 0.916. The van der Waals surface area contributed by atoms with Crippen molar-refractivity contribution in [1.82, 2.24) is 15.1 Å². The van der Waals surface area contributed by atoms with Gasteiger partial charge in [-0.3, -0.25) is 14.5 Å². The second kappa shape index (κ2) is 7.61. The Balaban J connectivity index is 1.81. The lowest BCUT2D eigenvalue weighted by molar-refractivity contribution is -0.131. The molecular weight excluding hydrogens is 302 g/mol. The molecule has 0 spiro atoms. The second-order valence-corrected chi connectivity index (χ2v) is 6.00. The number of benzene rings is 1. The van der Waals surface area contributed by atoms with Gasteiger partial charge < -0.3 is 10.2 Å². The Labute approximate surface area is 136 Å². The van der Waals surface area contributed by atoms with E-state index in [1.54, 1.807) is 11.8 Å². The van der Waals surface area contributed by atoms with Crippen LogP contribution in [0, 0.1) is 0 Å². The average molecular weight is 324 g/mol. The summed E-state index contributed by atoms with van der Waals surface area (Å²) in [5.74, 6) is 0.0696. The molecule has 0 saturated carbocycles. The van der Waals surface area contributed by atoms with E-state index in [0.29, 0.717) is 24.7 Å². The van der Waals surface area contributed by atoms with Gasteiger partial charge in [-0.1, -0.05) is 29.8 Å². The number of hydrogen-bond acceptors (Lipinski definition) is 3. The molecule has 0 bridgehead atoms. The van der Waals surface area contributed by atoms with E-state index in [4.69, 9.17) is 11.6 Å². The van der Waals surface area contributed by atoms with E-state index < -0.39 is 0 Å². The van der Waals surface area contributed by atoms with Crippen LogP contribution in [0.25, 0.3) is 0 Å². The lowest BCUT2D eigenvalue weighted by Gasteiger charge is -2.33. The predicted octanol–water partition coefficient (Wildman–Crippen LogP) is 1.68. The molecule has 6 heteroatoms. The standard InChI is InChI=1S/C16H22ClN3O2/c1-12(14-5-3-4-6-15(14)17)18-16(22)11-19-7-9-20(10-8-19)13(2)21/h3-6,12H,7-11H2,1-2H3,(H,18,22). The number of piperazine rings is 1. The van der Waals surface area contributed by atoms with Gasteiger partial charge in [-0.2, -0.15) is 0 Å². The van der Waals surface area contributed by atoms with Gasteiger partial charge in [-0.25, -0.2) is 0 Å². The molecule has 1 heterocycles. The van der Waals surface area contributed by atoms with Crippen LogP contribution in [0.15, 0.2) is 24.3 Å². The quantitative estimate of drug-likeness (QED) is 0.917. The number of nitrogens with zero attached hydrogens (tertiary/aromatic N) is 2. The third kappa shape index (κ3) is 4.45. The van der Waals surface area contributed by atoms with Crippen LogP contribution in [-0.2, 0) is 9.59 Å². The van der Waals surface area contributed by atoms with Gasteiger partial charge in [0.25, 0.3) is 0 Å². The molecule has 0 aliphatic carbocycles. The number of hydrogen-bond donors (Lipinski definition) is 1. The Kier molecular flexibility index (Phi) is 5.80. The Hall–Kier alpha value is -1.59. The molecule has 1 fully saturated rings. The molecule has 0 aromatic heterocycles. The summed E-state index contributed by atoms with van der Waals surface area (Å²) in [6.45, 7) is 6.67. The summed E-state index contributed by atoms with van der Waals surface area (Å²) in [4.78, 5) is 27.3. The third-order valence-electron chi connectivity index (χ3n) is 3.93. The van der Waals surface area contributed by atoms with Crippen LogP contribution >= 0.6 is 11.6 Å². The van der Waals surface area contributed by atoms with E-state index in [-0.39, 0.29) is 17.9 Å². The van der Waals surface area contributed by atoms with Crippen molar-refractivity contribution in [2.75, 3.05) is 32.7 Å². The fourth-order valence-corrected chi connectivity index (χ4v) is 2.91. The Morgan fingerprint density at radius 3 is 2.45 bits per heavy atom. The number of carbonyl (C=O) groups excluding carboxylic acids is 2. The van der Waals surface area contributed by atoms with Crippen molar-refractivity contribution < 1.29 is 9.59 Å². The Morgan fingerprint density at radius 2 is 1.86 bits per heavy atom. The number of amides is 2. The fourth-order valence-electron chi connectivity index (χ4n) is 2.62. The SMILES string of the molecule is CC(=O)N1CCN(CC(=O)NC(C)c2ccccc2Cl)CC1. The Morgan fingerprint density at radius 1 is 1.23 bits per heavy atom. The minimum absolute atomic E-state index is 0.0244. The molecule has 1 unspecified atom stereocenters. The molecule has 1 aromatic rings. The van der Waals surface area contributed by atoms with Crippen molar-refractivity contribution in [3.8, 4) is 0 Å². The van der Waals surface area contributed by atoms with E-state index in [1.165, 1.54) is 0 Å². The van der Waals surface area contributed by atoms with Crippen molar-refractivity contribution in [3.63, 3.8) is 0 Å². The highest BCUT2D eigenvalue weighted by atomic mass is 35.5. The zero-order valence-electron chi connectivity index (χ0n) is 13.0. The number of halogens is 1. The summed E-state index contributed by atoms with van der Waals surface area (Å²) in [6, 6.07) is 7.39. The summed E-state index contributed by atoms with van der Waals surface area (Å²) in [7, 11) is 0. The van der Waals surface area contributed by atoms with E-state index >= 15 is 0 Å². The molecule has 0 radical (unpaired) electrons. The first kappa shape index (κ1) is 16.8. The number of rotatable bonds is 4. The van der Waals surface area contributed by atoms with Gasteiger partial charge in [0.1, 0.15) is 0 Å². The number of carbonyl (C=O) groups is 2. The van der Waals surface area contributed by atoms with Crippen LogP contribution in [0.5, 0.6) is 0 Å². The predicted molar refractivity (Wildman–Crippen MR) is 86.7 cm³/mol. The highest BCUT2D eigenvalue weighted by molar-refractivity contribution is 6.31. The largest absolute Gasteiger partial charge is 0.348 e. The second-order valence-electron chi connectivity index (χ2n) is 5.59. The van der Waals surface area contributed by atoms with Crippen LogP contribution in [0.3, 0.4) is 0 Å². The van der Waals surface area contributed by atoms with Crippen molar-refractivity contribution in [2.24, 2.45) is 0 Å². The highest BCUT2D eigenvalue weighted by Crippen LogP contribution is 2.21. The van der Waals surface area contributed by atoms with Crippen LogP contribution < -0.4 is 5.32 Å². The fraction of sp³-hybridized carbons (Fsp3) is 0.500. The summed E-state index contributed by atoms with van der Waals surface area (Å²) in [5, 5.41) is 3.63. The minimum Gasteiger partial charge on any atom is -0.348 e. The first-order valence-corrected chi connectivity index (χ1v) is 7.87. The molecule has 1 aliphatic heterocycles. The molecule has 22 heavy (non-hydrogen) atoms. The zero-order chi connectivity index (χ0) is 16.1. The van der Waals surface area contributed by atoms with Gasteiger partial charge in [0.2, 0.25) is 11.8 Å².